The molecule has 1 atom stereocenters. The first kappa shape index (κ1) is 62.9. The summed E-state index contributed by atoms with van der Waals surface area (Å²) in [6.07, 6.45) is 63.0. The third kappa shape index (κ3) is 52.7. The summed E-state index contributed by atoms with van der Waals surface area (Å²) in [7, 11) is 0. The molecule has 0 amide bonds. The van der Waals surface area contributed by atoms with E-state index in [0.29, 0.717) is 19.3 Å². The van der Waals surface area contributed by atoms with Crippen LogP contribution in [0.1, 0.15) is 316 Å². The molecule has 0 radical (unpaired) electrons. The van der Waals surface area contributed by atoms with Gasteiger partial charge in [0.1, 0.15) is 13.2 Å². The minimum absolute atomic E-state index is 0.0667. The number of carbonyl (C=O) groups is 3. The Morgan fingerprint density at radius 3 is 0.877 bits per heavy atom. The molecule has 0 heterocycles. The fourth-order valence-corrected chi connectivity index (χ4v) is 8.59. The minimum Gasteiger partial charge on any atom is -0.462 e. The molecule has 0 unspecified atom stereocenters. The van der Waals surface area contributed by atoms with Crippen molar-refractivity contribution in [2.75, 3.05) is 13.2 Å². The average Bonchev–Trinajstić information content (AvgIpc) is 3.30. The lowest BCUT2D eigenvalue weighted by Crippen LogP contribution is -2.30. The van der Waals surface area contributed by atoms with Crippen LogP contribution in [0.5, 0.6) is 0 Å². The van der Waals surface area contributed by atoms with E-state index in [1.807, 2.05) is 0 Å². The Hall–Kier alpha value is -2.11. The number of allylic oxidation sites excluding steroid dienone is 4. The van der Waals surface area contributed by atoms with E-state index in [2.05, 4.69) is 45.1 Å². The molecule has 0 aliphatic rings. The number of rotatable bonds is 53. The first-order valence-corrected chi connectivity index (χ1v) is 28.8. The van der Waals surface area contributed by atoms with E-state index in [1.54, 1.807) is 0 Å². The van der Waals surface area contributed by atoms with Crippen molar-refractivity contribution in [2.24, 2.45) is 0 Å². The first-order chi connectivity index (χ1) is 32.0. The average molecular weight is 916 g/mol. The van der Waals surface area contributed by atoms with Gasteiger partial charge >= 0.3 is 17.9 Å². The monoisotopic (exact) mass is 915 g/mol. The van der Waals surface area contributed by atoms with Crippen molar-refractivity contribution in [3.05, 3.63) is 24.3 Å². The molecule has 0 N–H and O–H groups in total. The summed E-state index contributed by atoms with van der Waals surface area (Å²) >= 11 is 0. The summed E-state index contributed by atoms with van der Waals surface area (Å²) in [6.45, 7) is 6.66. The Bertz CT molecular complexity index is 1050. The summed E-state index contributed by atoms with van der Waals surface area (Å²) in [5.74, 6) is -0.850. The molecular weight excluding hydrogens is 805 g/mol. The number of hydrogen-bond donors (Lipinski definition) is 0. The van der Waals surface area contributed by atoms with Gasteiger partial charge in [0.15, 0.2) is 6.10 Å². The van der Waals surface area contributed by atoms with Crippen molar-refractivity contribution in [3.8, 4) is 0 Å². The Balaban J connectivity index is 4.31. The van der Waals surface area contributed by atoms with E-state index in [-0.39, 0.29) is 31.1 Å². The molecule has 0 spiro atoms. The van der Waals surface area contributed by atoms with Crippen LogP contribution in [0.15, 0.2) is 24.3 Å². The van der Waals surface area contributed by atoms with Crippen LogP contribution in [0.3, 0.4) is 0 Å². The molecule has 0 aliphatic carbocycles. The van der Waals surface area contributed by atoms with Crippen molar-refractivity contribution in [2.45, 2.75) is 322 Å². The molecule has 0 aromatic carbocycles. The van der Waals surface area contributed by atoms with E-state index >= 15 is 0 Å². The third-order valence-corrected chi connectivity index (χ3v) is 13.0. The molecular formula is C59H110O6. The van der Waals surface area contributed by atoms with Crippen molar-refractivity contribution in [1.82, 2.24) is 0 Å². The molecule has 6 nitrogen and oxygen atoms in total. The summed E-state index contributed by atoms with van der Waals surface area (Å²) in [5.41, 5.74) is 0. The van der Waals surface area contributed by atoms with Gasteiger partial charge in [-0.1, -0.05) is 270 Å². The van der Waals surface area contributed by atoms with Gasteiger partial charge < -0.3 is 14.2 Å². The van der Waals surface area contributed by atoms with Crippen LogP contribution >= 0.6 is 0 Å². The van der Waals surface area contributed by atoms with Gasteiger partial charge in [0, 0.05) is 19.3 Å². The van der Waals surface area contributed by atoms with E-state index in [4.69, 9.17) is 14.2 Å². The molecule has 0 saturated carbocycles. The molecule has 0 aromatic rings. The quantitative estimate of drug-likeness (QED) is 0.0262. The number of carbonyl (C=O) groups excluding carboxylic acids is 3. The smallest absolute Gasteiger partial charge is 0.306 e. The molecule has 0 bridgehead atoms. The predicted molar refractivity (Wildman–Crippen MR) is 279 cm³/mol. The van der Waals surface area contributed by atoms with E-state index in [0.717, 1.165) is 64.2 Å². The highest BCUT2D eigenvalue weighted by atomic mass is 16.6. The van der Waals surface area contributed by atoms with Gasteiger partial charge in [0.25, 0.3) is 0 Å². The summed E-state index contributed by atoms with van der Waals surface area (Å²) in [6, 6.07) is 0. The van der Waals surface area contributed by atoms with Crippen LogP contribution in [0.25, 0.3) is 0 Å². The van der Waals surface area contributed by atoms with Crippen LogP contribution in [-0.4, -0.2) is 37.2 Å². The Morgan fingerprint density at radius 1 is 0.308 bits per heavy atom. The molecule has 0 aromatic heterocycles. The Labute approximate surface area is 404 Å². The van der Waals surface area contributed by atoms with Gasteiger partial charge in [0.2, 0.25) is 0 Å². The highest BCUT2D eigenvalue weighted by molar-refractivity contribution is 5.71. The number of esters is 3. The molecule has 0 rings (SSSR count). The van der Waals surface area contributed by atoms with Gasteiger partial charge in [-0.2, -0.15) is 0 Å². The second kappa shape index (κ2) is 54.5. The zero-order valence-electron chi connectivity index (χ0n) is 43.8. The Morgan fingerprint density at radius 2 is 0.554 bits per heavy atom. The van der Waals surface area contributed by atoms with Gasteiger partial charge in [0.05, 0.1) is 0 Å². The molecule has 0 saturated heterocycles. The third-order valence-electron chi connectivity index (χ3n) is 13.0. The Kier molecular flexibility index (Phi) is 52.7. The maximum Gasteiger partial charge on any atom is 0.306 e. The van der Waals surface area contributed by atoms with Gasteiger partial charge in [-0.25, -0.2) is 0 Å². The lowest BCUT2D eigenvalue weighted by atomic mass is 10.0. The summed E-state index contributed by atoms with van der Waals surface area (Å²) < 4.78 is 16.9. The molecule has 6 heteroatoms. The number of ether oxygens (including phenoxy) is 3. The molecule has 0 aliphatic heterocycles. The highest BCUT2D eigenvalue weighted by Crippen LogP contribution is 2.17. The first-order valence-electron chi connectivity index (χ1n) is 28.8. The molecule has 0 fully saturated rings. The van der Waals surface area contributed by atoms with Crippen molar-refractivity contribution in [1.29, 1.82) is 0 Å². The normalized spacial score (nSPS) is 12.1. The van der Waals surface area contributed by atoms with Crippen molar-refractivity contribution in [3.63, 3.8) is 0 Å². The second-order valence-corrected chi connectivity index (χ2v) is 19.6. The van der Waals surface area contributed by atoms with Gasteiger partial charge in [-0.05, 0) is 51.4 Å². The molecule has 65 heavy (non-hydrogen) atoms. The van der Waals surface area contributed by atoms with Crippen molar-refractivity contribution < 1.29 is 28.6 Å². The van der Waals surface area contributed by atoms with Gasteiger partial charge in [-0.3, -0.25) is 14.4 Å². The lowest BCUT2D eigenvalue weighted by molar-refractivity contribution is -0.167. The molecule has 382 valence electrons. The number of hydrogen-bond acceptors (Lipinski definition) is 6. The zero-order valence-corrected chi connectivity index (χ0v) is 43.8. The summed E-state index contributed by atoms with van der Waals surface area (Å²) in [4.78, 5) is 38.1. The van der Waals surface area contributed by atoms with Gasteiger partial charge in [-0.15, -0.1) is 0 Å². The second-order valence-electron chi connectivity index (χ2n) is 19.6. The standard InChI is InChI=1S/C59H110O6/c1-4-7-10-13-16-19-22-25-28-29-30-31-32-35-37-40-43-46-49-52-58(61)64-55-56(65-59(62)53-50-47-44-41-38-34-27-24-21-18-15-12-9-6-3)54-63-57(60)51-48-45-42-39-36-33-26-23-20-17-14-11-8-5-2/h16,19,25,28,56H,4-15,17-18,20-24,26-27,29-55H2,1-3H3/b19-16+,28-25+/t56-/m1/s1. The van der Waals surface area contributed by atoms with E-state index < -0.39 is 6.10 Å². The van der Waals surface area contributed by atoms with Crippen molar-refractivity contribution >= 4 is 17.9 Å². The fourth-order valence-electron chi connectivity index (χ4n) is 8.59. The fraction of sp³-hybridized carbons (Fsp3) is 0.881. The SMILES string of the molecule is CCCCC/C=C/C/C=C/CCCCCCCCCCCC(=O)OC[C@@H](COC(=O)CCCCCCCCCCCCCCCC)OC(=O)CCCCCCCCCCCCCCCC. The highest BCUT2D eigenvalue weighted by Gasteiger charge is 2.19. The van der Waals surface area contributed by atoms with E-state index in [9.17, 15) is 14.4 Å². The predicted octanol–water partition coefficient (Wildman–Crippen LogP) is 19.1. The number of unbranched alkanes of at least 4 members (excludes halogenated alkanes) is 38. The maximum absolute atomic E-state index is 12.8. The van der Waals surface area contributed by atoms with Crippen LogP contribution in [0.4, 0.5) is 0 Å². The maximum atomic E-state index is 12.8. The lowest BCUT2D eigenvalue weighted by Gasteiger charge is -2.18. The summed E-state index contributed by atoms with van der Waals surface area (Å²) in [5, 5.41) is 0. The van der Waals surface area contributed by atoms with E-state index in [1.165, 1.54) is 212 Å². The van der Waals surface area contributed by atoms with Crippen LogP contribution < -0.4 is 0 Å². The van der Waals surface area contributed by atoms with Crippen LogP contribution in [0.2, 0.25) is 0 Å². The van der Waals surface area contributed by atoms with Crippen LogP contribution in [-0.2, 0) is 28.6 Å². The topological polar surface area (TPSA) is 78.9 Å². The minimum atomic E-state index is -0.767. The largest absolute Gasteiger partial charge is 0.462 e. The van der Waals surface area contributed by atoms with Crippen LogP contribution in [0, 0.1) is 0 Å². The zero-order chi connectivity index (χ0) is 47.2.